The normalized spacial score (nSPS) is 16.9. The van der Waals surface area contributed by atoms with Gasteiger partial charge in [0.15, 0.2) is 22.9 Å². The van der Waals surface area contributed by atoms with Gasteiger partial charge in [0.2, 0.25) is 5.75 Å². The molecule has 3 aromatic carbocycles. The molecule has 0 saturated heterocycles. The predicted octanol–water partition coefficient (Wildman–Crippen LogP) is 4.99. The van der Waals surface area contributed by atoms with E-state index in [1.807, 2.05) is 18.2 Å². The molecule has 0 aromatic heterocycles. The van der Waals surface area contributed by atoms with E-state index in [-0.39, 0.29) is 0 Å². The van der Waals surface area contributed by atoms with Gasteiger partial charge in [-0.2, -0.15) is 0 Å². The fourth-order valence-electron chi connectivity index (χ4n) is 4.19. The molecule has 0 spiro atoms. The van der Waals surface area contributed by atoms with Crippen LogP contribution >= 0.6 is 0 Å². The lowest BCUT2D eigenvalue weighted by Crippen LogP contribution is -2.55. The molecule has 1 aliphatic heterocycles. The average Bonchev–Trinajstić information content (AvgIpc) is 3.29. The summed E-state index contributed by atoms with van der Waals surface area (Å²) in [5, 5.41) is 2.74. The number of quaternary nitrogens is 1. The number of ether oxygens (including phenoxy) is 4. The Morgan fingerprint density at radius 2 is 1.47 bits per heavy atom. The lowest BCUT2D eigenvalue weighted by Gasteiger charge is -2.28. The maximum Gasteiger partial charge on any atom is 0.438 e. The molecular weight excluding hydrogens is 460 g/mol. The SMILES string of the molecule is COc1ccc(C=CC(=O)[N+]2(c3ccccc3)C(=O)NC=C2c2cc(OC)c(OC)c(OC)c2)cc1. The van der Waals surface area contributed by atoms with Crippen molar-refractivity contribution < 1.29 is 28.5 Å². The zero-order valence-electron chi connectivity index (χ0n) is 20.5. The Morgan fingerprint density at radius 1 is 0.833 bits per heavy atom. The van der Waals surface area contributed by atoms with Crippen LogP contribution in [0.3, 0.4) is 0 Å². The van der Waals surface area contributed by atoms with Crippen molar-refractivity contribution in [3.05, 3.63) is 90.1 Å². The lowest BCUT2D eigenvalue weighted by molar-refractivity contribution is -0.120. The first-order chi connectivity index (χ1) is 17.5. The first-order valence-corrected chi connectivity index (χ1v) is 11.1. The largest absolute Gasteiger partial charge is 0.497 e. The number of rotatable bonds is 8. The van der Waals surface area contributed by atoms with E-state index in [4.69, 9.17) is 18.9 Å². The van der Waals surface area contributed by atoms with E-state index < -0.39 is 16.4 Å². The highest BCUT2D eigenvalue weighted by Crippen LogP contribution is 2.44. The molecule has 4 rings (SSSR count). The van der Waals surface area contributed by atoms with Crippen LogP contribution in [0, 0.1) is 0 Å². The summed E-state index contributed by atoms with van der Waals surface area (Å²) in [5.74, 6) is 1.47. The van der Waals surface area contributed by atoms with Crippen LogP contribution in [0.2, 0.25) is 0 Å². The van der Waals surface area contributed by atoms with Gasteiger partial charge in [-0.25, -0.2) is 9.59 Å². The number of hydrogen-bond acceptors (Lipinski definition) is 6. The molecule has 0 saturated carbocycles. The highest BCUT2D eigenvalue weighted by Gasteiger charge is 2.54. The number of methoxy groups -OCH3 is 4. The topological polar surface area (TPSA) is 83.1 Å². The Hall–Kier alpha value is -4.56. The molecule has 184 valence electrons. The number of amides is 3. The molecule has 3 amide bonds. The molecule has 8 nitrogen and oxygen atoms in total. The van der Waals surface area contributed by atoms with Gasteiger partial charge in [-0.3, -0.25) is 5.32 Å². The Bertz CT molecular complexity index is 1310. The van der Waals surface area contributed by atoms with Crippen LogP contribution in [0.25, 0.3) is 11.8 Å². The van der Waals surface area contributed by atoms with E-state index in [9.17, 15) is 9.59 Å². The average molecular weight is 488 g/mol. The van der Waals surface area contributed by atoms with Crippen LogP contribution in [0.5, 0.6) is 23.0 Å². The number of nitrogens with zero attached hydrogens (tertiary/aromatic N) is 1. The Balaban J connectivity index is 1.87. The number of nitrogens with one attached hydrogen (secondary N) is 1. The molecule has 1 atom stereocenters. The maximum absolute atomic E-state index is 14.0. The Morgan fingerprint density at radius 3 is 2.03 bits per heavy atom. The van der Waals surface area contributed by atoms with Gasteiger partial charge >= 0.3 is 11.9 Å². The monoisotopic (exact) mass is 487 g/mol. The van der Waals surface area contributed by atoms with Crippen molar-refractivity contribution in [3.63, 3.8) is 0 Å². The van der Waals surface area contributed by atoms with Gasteiger partial charge in [-0.05, 0) is 35.9 Å². The third-order valence-electron chi connectivity index (χ3n) is 5.97. The Kier molecular flexibility index (Phi) is 7.07. The van der Waals surface area contributed by atoms with Crippen LogP contribution in [0.1, 0.15) is 11.1 Å². The summed E-state index contributed by atoms with van der Waals surface area (Å²) in [6, 6.07) is 19.1. The molecule has 3 aromatic rings. The first-order valence-electron chi connectivity index (χ1n) is 11.1. The van der Waals surface area contributed by atoms with Crippen LogP contribution in [0.4, 0.5) is 10.5 Å². The summed E-state index contributed by atoms with van der Waals surface area (Å²) in [5.41, 5.74) is 2.23. The third kappa shape index (κ3) is 4.18. The van der Waals surface area contributed by atoms with Gasteiger partial charge in [0.05, 0.1) is 34.6 Å². The van der Waals surface area contributed by atoms with Crippen molar-refractivity contribution >= 4 is 29.4 Å². The number of para-hydroxylation sites is 1. The van der Waals surface area contributed by atoms with Crippen LogP contribution in [0.15, 0.2) is 79.0 Å². The van der Waals surface area contributed by atoms with Crippen molar-refractivity contribution in [3.8, 4) is 23.0 Å². The van der Waals surface area contributed by atoms with E-state index in [1.165, 1.54) is 33.6 Å². The van der Waals surface area contributed by atoms with Gasteiger partial charge in [-0.15, -0.1) is 4.48 Å². The zero-order valence-corrected chi connectivity index (χ0v) is 20.5. The minimum absolute atomic E-state index is 0.402. The smallest absolute Gasteiger partial charge is 0.438 e. The molecule has 1 heterocycles. The van der Waals surface area contributed by atoms with Crippen LogP contribution in [-0.4, -0.2) is 40.4 Å². The van der Waals surface area contributed by atoms with Crippen LogP contribution < -0.4 is 28.7 Å². The maximum atomic E-state index is 14.0. The standard InChI is InChI=1S/C28H26N2O6/c1-33-22-13-10-19(11-14-22)12-15-26(31)30(21-8-6-5-7-9-21)23(18-29-28(30)32)20-16-24(34-2)27(36-4)25(17-20)35-3/h5-18H,1-4H3/p+1. The number of hydrogen-bond donors (Lipinski definition) is 1. The number of carbonyl (C=O) groups excluding carboxylic acids is 2. The molecule has 0 fully saturated rings. The molecular formula is C28H27N2O6+. The van der Waals surface area contributed by atoms with Gasteiger partial charge in [-0.1, -0.05) is 30.3 Å². The van der Waals surface area contributed by atoms with E-state index in [0.29, 0.717) is 39.9 Å². The molecule has 0 radical (unpaired) electrons. The predicted molar refractivity (Wildman–Crippen MR) is 138 cm³/mol. The quantitative estimate of drug-likeness (QED) is 0.356. The van der Waals surface area contributed by atoms with Crippen molar-refractivity contribution in [2.24, 2.45) is 0 Å². The summed E-state index contributed by atoms with van der Waals surface area (Å²) < 4.78 is 21.0. The molecule has 8 heteroatoms. The van der Waals surface area contributed by atoms with E-state index in [0.717, 1.165) is 5.56 Å². The highest BCUT2D eigenvalue weighted by atomic mass is 16.5. The van der Waals surface area contributed by atoms with Crippen LogP contribution in [-0.2, 0) is 4.79 Å². The van der Waals surface area contributed by atoms with E-state index in [2.05, 4.69) is 5.32 Å². The van der Waals surface area contributed by atoms with Gasteiger partial charge in [0.25, 0.3) is 0 Å². The third-order valence-corrected chi connectivity index (χ3v) is 5.97. The summed E-state index contributed by atoms with van der Waals surface area (Å²) >= 11 is 0. The summed E-state index contributed by atoms with van der Waals surface area (Å²) in [4.78, 5) is 27.5. The summed E-state index contributed by atoms with van der Waals surface area (Å²) in [6.45, 7) is 0. The molecule has 1 aliphatic rings. The minimum Gasteiger partial charge on any atom is -0.497 e. The number of benzene rings is 3. The first kappa shape index (κ1) is 24.6. The second-order valence-corrected chi connectivity index (χ2v) is 7.84. The fourth-order valence-corrected chi connectivity index (χ4v) is 4.19. The molecule has 1 N–H and O–H groups in total. The highest BCUT2D eigenvalue weighted by molar-refractivity contribution is 6.24. The number of imide groups is 1. The lowest BCUT2D eigenvalue weighted by atomic mass is 10.1. The van der Waals surface area contributed by atoms with Gasteiger partial charge in [0.1, 0.15) is 5.75 Å². The van der Waals surface area contributed by atoms with E-state index in [1.54, 1.807) is 61.7 Å². The molecule has 1 unspecified atom stereocenters. The Labute approximate surface area is 209 Å². The number of carbonyl (C=O) groups is 2. The second kappa shape index (κ2) is 10.4. The van der Waals surface area contributed by atoms with Gasteiger partial charge < -0.3 is 18.9 Å². The molecule has 0 bridgehead atoms. The number of urea groups is 1. The second-order valence-electron chi connectivity index (χ2n) is 7.84. The van der Waals surface area contributed by atoms with E-state index >= 15 is 0 Å². The minimum atomic E-state index is -0.702. The summed E-state index contributed by atoms with van der Waals surface area (Å²) in [6.07, 6.45) is 4.61. The van der Waals surface area contributed by atoms with Crippen molar-refractivity contribution in [2.45, 2.75) is 0 Å². The summed E-state index contributed by atoms with van der Waals surface area (Å²) in [7, 11) is 6.12. The van der Waals surface area contributed by atoms with Crippen molar-refractivity contribution in [1.82, 2.24) is 9.80 Å². The fraction of sp³-hybridized carbons (Fsp3) is 0.143. The van der Waals surface area contributed by atoms with Crippen molar-refractivity contribution in [1.29, 1.82) is 0 Å². The van der Waals surface area contributed by atoms with Gasteiger partial charge in [0, 0.05) is 23.8 Å². The zero-order chi connectivity index (χ0) is 25.7. The van der Waals surface area contributed by atoms with Crippen molar-refractivity contribution in [2.75, 3.05) is 28.4 Å². The molecule has 0 aliphatic carbocycles. The molecule has 36 heavy (non-hydrogen) atoms.